The van der Waals surface area contributed by atoms with Crippen molar-refractivity contribution in [2.24, 2.45) is 0 Å². The second kappa shape index (κ2) is 32.5. The Morgan fingerprint density at radius 1 is 0.333 bits per heavy atom. The maximum Gasteiger partial charge on any atom is 0.519 e. The number of unbranched alkanes of at least 4 members (excludes halogenated alkanes) is 12. The van der Waals surface area contributed by atoms with Crippen LogP contribution in [0, 0.1) is 0 Å². The van der Waals surface area contributed by atoms with E-state index in [1.807, 2.05) is 97.1 Å². The van der Waals surface area contributed by atoms with E-state index >= 15 is 0 Å². The maximum absolute atomic E-state index is 12.0. The van der Waals surface area contributed by atoms with E-state index in [1.165, 1.54) is 125 Å². The van der Waals surface area contributed by atoms with Gasteiger partial charge in [-0.25, -0.2) is 14.4 Å². The Kier molecular flexibility index (Phi) is 27.6. The highest BCUT2D eigenvalue weighted by molar-refractivity contribution is 5.67. The molecule has 0 heterocycles. The van der Waals surface area contributed by atoms with Crippen LogP contribution in [0.5, 0.6) is 23.0 Å². The molecule has 4 aromatic rings. The molecule has 0 amide bonds. The van der Waals surface area contributed by atoms with Crippen LogP contribution in [0.3, 0.4) is 0 Å². The monoisotopic (exact) mass is 827 g/mol. The average molecular weight is 827 g/mol. The lowest BCUT2D eigenvalue weighted by molar-refractivity contribution is 0.136. The predicted octanol–water partition coefficient (Wildman–Crippen LogP) is 15.2. The summed E-state index contributed by atoms with van der Waals surface area (Å²) in [5.41, 5.74) is 5.08. The highest BCUT2D eigenvalue weighted by atomic mass is 16.7. The molecule has 0 aliphatic heterocycles. The second-order valence-corrected chi connectivity index (χ2v) is 15.0. The third kappa shape index (κ3) is 25.2. The number of benzene rings is 4. The first-order chi connectivity index (χ1) is 29.1. The lowest BCUT2D eigenvalue weighted by atomic mass is 10.1. The minimum absolute atomic E-state index is 0.509. The quantitative estimate of drug-likeness (QED) is 0.0403. The van der Waals surface area contributed by atoms with Crippen LogP contribution in [-0.4, -0.2) is 28.7 Å². The molecule has 0 fully saturated rings. The third-order valence-electron chi connectivity index (χ3n) is 9.77. The molecular weight excluding hydrogens is 757 g/mol. The van der Waals surface area contributed by atoms with Gasteiger partial charge in [0, 0.05) is 0 Å². The van der Waals surface area contributed by atoms with Crippen molar-refractivity contribution in [2.45, 2.75) is 156 Å². The van der Waals surface area contributed by atoms with E-state index in [0.717, 1.165) is 25.7 Å². The zero-order chi connectivity index (χ0) is 43.6. The smallest absolute Gasteiger partial charge is 0.450 e. The SMILES string of the molecule is CCCCCCc1ccc(OC(=O)Oc2ccc(CCCCCC)cc2)cc1.CCCCCCc1ccc(OC(=O)Oc2ccc(CCCCCC)cc2)cc1.O=C(O)O. The van der Waals surface area contributed by atoms with Crippen LogP contribution >= 0.6 is 0 Å². The van der Waals surface area contributed by atoms with E-state index in [2.05, 4.69) is 27.7 Å². The number of aryl methyl sites for hydroxylation is 4. The van der Waals surface area contributed by atoms with Crippen molar-refractivity contribution < 1.29 is 43.5 Å². The molecule has 0 unspecified atom stereocenters. The van der Waals surface area contributed by atoms with E-state index in [4.69, 9.17) is 34.0 Å². The molecule has 9 nitrogen and oxygen atoms in total. The molecule has 0 radical (unpaired) electrons. The molecule has 0 aliphatic carbocycles. The molecule has 0 bridgehead atoms. The van der Waals surface area contributed by atoms with Crippen molar-refractivity contribution in [3.8, 4) is 23.0 Å². The normalized spacial score (nSPS) is 10.3. The van der Waals surface area contributed by atoms with Crippen molar-refractivity contribution in [3.05, 3.63) is 119 Å². The Labute approximate surface area is 359 Å². The predicted molar refractivity (Wildman–Crippen MR) is 241 cm³/mol. The van der Waals surface area contributed by atoms with Crippen LogP contribution in [0.1, 0.15) is 153 Å². The van der Waals surface area contributed by atoms with Gasteiger partial charge in [-0.3, -0.25) is 0 Å². The van der Waals surface area contributed by atoms with E-state index in [1.54, 1.807) is 0 Å². The molecule has 0 saturated carbocycles. The highest BCUT2D eigenvalue weighted by Crippen LogP contribution is 2.20. The number of hydrogen-bond donors (Lipinski definition) is 2. The fourth-order valence-electron chi connectivity index (χ4n) is 6.35. The van der Waals surface area contributed by atoms with Gasteiger partial charge in [-0.2, -0.15) is 0 Å². The molecule has 4 aromatic carbocycles. The minimum Gasteiger partial charge on any atom is -0.450 e. The van der Waals surface area contributed by atoms with Crippen LogP contribution in [0.4, 0.5) is 14.4 Å². The Morgan fingerprint density at radius 3 is 0.683 bits per heavy atom. The van der Waals surface area contributed by atoms with Gasteiger partial charge in [0.2, 0.25) is 0 Å². The summed E-state index contributed by atoms with van der Waals surface area (Å²) in [4.78, 5) is 32.5. The van der Waals surface area contributed by atoms with Crippen LogP contribution in [0.2, 0.25) is 0 Å². The van der Waals surface area contributed by atoms with E-state index in [0.29, 0.717) is 23.0 Å². The Morgan fingerprint density at radius 2 is 0.517 bits per heavy atom. The molecule has 0 spiro atoms. The molecule has 0 saturated heterocycles. The van der Waals surface area contributed by atoms with Gasteiger partial charge in [-0.05, 0) is 122 Å². The number of carbonyl (C=O) groups is 3. The van der Waals surface area contributed by atoms with Crippen LogP contribution in [0.15, 0.2) is 97.1 Å². The summed E-state index contributed by atoms with van der Waals surface area (Å²) < 4.78 is 21.1. The van der Waals surface area contributed by atoms with E-state index in [9.17, 15) is 9.59 Å². The van der Waals surface area contributed by atoms with Gasteiger partial charge in [-0.15, -0.1) is 0 Å². The van der Waals surface area contributed by atoms with Gasteiger partial charge in [0.05, 0.1) is 0 Å². The first-order valence-corrected chi connectivity index (χ1v) is 22.2. The molecule has 0 aliphatic rings. The lowest BCUT2D eigenvalue weighted by Crippen LogP contribution is -2.13. The average Bonchev–Trinajstić information content (AvgIpc) is 3.24. The van der Waals surface area contributed by atoms with Crippen molar-refractivity contribution in [1.82, 2.24) is 0 Å². The Bertz CT molecular complexity index is 1450. The maximum atomic E-state index is 12.0. The van der Waals surface area contributed by atoms with Crippen molar-refractivity contribution in [1.29, 1.82) is 0 Å². The molecule has 328 valence electrons. The first-order valence-electron chi connectivity index (χ1n) is 22.2. The van der Waals surface area contributed by atoms with Gasteiger partial charge in [0.15, 0.2) is 0 Å². The van der Waals surface area contributed by atoms with Gasteiger partial charge in [0.1, 0.15) is 23.0 Å². The molecule has 4 rings (SSSR count). The number of rotatable bonds is 24. The lowest BCUT2D eigenvalue weighted by Gasteiger charge is -2.07. The summed E-state index contributed by atoms with van der Waals surface area (Å²) in [6.45, 7) is 8.87. The first kappa shape index (κ1) is 50.8. The third-order valence-corrected chi connectivity index (χ3v) is 9.77. The van der Waals surface area contributed by atoms with Crippen molar-refractivity contribution in [3.63, 3.8) is 0 Å². The molecule has 9 heteroatoms. The van der Waals surface area contributed by atoms with Gasteiger partial charge in [0.25, 0.3) is 0 Å². The van der Waals surface area contributed by atoms with Gasteiger partial charge >= 0.3 is 18.5 Å². The Hall–Kier alpha value is -5.31. The molecule has 2 N–H and O–H groups in total. The second-order valence-electron chi connectivity index (χ2n) is 15.0. The summed E-state index contributed by atoms with van der Waals surface area (Å²) in [6, 6.07) is 30.8. The highest BCUT2D eigenvalue weighted by Gasteiger charge is 2.10. The summed E-state index contributed by atoms with van der Waals surface area (Å²) in [5, 5.41) is 13.9. The summed E-state index contributed by atoms with van der Waals surface area (Å²) in [5.74, 6) is 2.04. The zero-order valence-corrected chi connectivity index (χ0v) is 36.6. The van der Waals surface area contributed by atoms with Crippen LogP contribution in [0.25, 0.3) is 0 Å². The summed E-state index contributed by atoms with van der Waals surface area (Å²) in [6.07, 6.45) is 21.0. The van der Waals surface area contributed by atoms with Gasteiger partial charge in [-0.1, -0.05) is 153 Å². The van der Waals surface area contributed by atoms with Crippen LogP contribution < -0.4 is 18.9 Å². The van der Waals surface area contributed by atoms with Gasteiger partial charge < -0.3 is 29.2 Å². The number of carbonyl (C=O) groups excluding carboxylic acids is 2. The van der Waals surface area contributed by atoms with E-state index in [-0.39, 0.29) is 0 Å². The van der Waals surface area contributed by atoms with Crippen LogP contribution in [-0.2, 0) is 25.7 Å². The standard InChI is InChI=1S/2C25H34O3.CH2O3/c2*1-3-5-7-9-11-21-13-17-23(18-14-21)27-25(26)28-24-19-15-22(16-20-24)12-10-8-6-4-2;2-1(3)4/h2*13-20H,3-12H2,1-2H3;(H2,2,3,4). The fourth-order valence-corrected chi connectivity index (χ4v) is 6.35. The fraction of sp³-hybridized carbons (Fsp3) is 0.471. The summed E-state index contributed by atoms with van der Waals surface area (Å²) >= 11 is 0. The molecule has 0 aromatic heterocycles. The Balaban J connectivity index is 0.000000379. The largest absolute Gasteiger partial charge is 0.519 e. The number of ether oxygens (including phenoxy) is 4. The van der Waals surface area contributed by atoms with Crippen molar-refractivity contribution >= 4 is 18.5 Å². The number of carboxylic acid groups (broad SMARTS) is 2. The summed E-state index contributed by atoms with van der Waals surface area (Å²) in [7, 11) is 0. The number of hydrogen-bond acceptors (Lipinski definition) is 7. The zero-order valence-electron chi connectivity index (χ0n) is 36.6. The minimum atomic E-state index is -1.83. The van der Waals surface area contributed by atoms with Crippen molar-refractivity contribution in [2.75, 3.05) is 0 Å². The molecule has 60 heavy (non-hydrogen) atoms. The van der Waals surface area contributed by atoms with E-state index < -0.39 is 18.5 Å². The molecular formula is C51H70O9. The topological polar surface area (TPSA) is 129 Å². The molecule has 0 atom stereocenters.